The van der Waals surface area contributed by atoms with Gasteiger partial charge in [-0.3, -0.25) is 0 Å². The topological polar surface area (TPSA) is 63.3 Å². The van der Waals surface area contributed by atoms with E-state index in [-0.39, 0.29) is 5.56 Å². The second-order valence-corrected chi connectivity index (χ2v) is 4.85. The number of aromatic nitrogens is 1. The lowest BCUT2D eigenvalue weighted by Crippen LogP contribution is -2.01. The predicted octanol–water partition coefficient (Wildman–Crippen LogP) is 3.48. The summed E-state index contributed by atoms with van der Waals surface area (Å²) in [7, 11) is 0. The molecule has 0 bridgehead atoms. The molecule has 0 unspecified atom stereocenters. The van der Waals surface area contributed by atoms with Crippen molar-refractivity contribution >= 4 is 5.97 Å². The van der Waals surface area contributed by atoms with Gasteiger partial charge < -0.3 is 9.63 Å². The molecule has 98 valence electrons. The Morgan fingerprint density at radius 2 is 2.16 bits per heavy atom. The Kier molecular flexibility index (Phi) is 2.85. The summed E-state index contributed by atoms with van der Waals surface area (Å²) in [5.74, 6) is 0.00595. The van der Waals surface area contributed by atoms with Gasteiger partial charge in [0.15, 0.2) is 5.76 Å². The van der Waals surface area contributed by atoms with E-state index >= 15 is 0 Å². The van der Waals surface area contributed by atoms with E-state index in [4.69, 9.17) is 4.52 Å². The van der Waals surface area contributed by atoms with Crippen molar-refractivity contribution in [1.82, 2.24) is 5.16 Å². The third kappa shape index (κ3) is 2.03. The number of hydrogen-bond acceptors (Lipinski definition) is 3. The standard InChI is InChI=1S/C15H15NO3/c1-2-12-13(15(17)18)14(16-19-12)11-6-4-3-5-10(11)9-7-8-9/h3-6,9H,2,7-8H2,1H3,(H,17,18). The highest BCUT2D eigenvalue weighted by Crippen LogP contribution is 2.44. The molecule has 0 atom stereocenters. The molecule has 3 rings (SSSR count). The molecular weight excluding hydrogens is 242 g/mol. The number of aryl methyl sites for hydroxylation is 1. The van der Waals surface area contributed by atoms with Crippen molar-refractivity contribution in [1.29, 1.82) is 0 Å². The maximum absolute atomic E-state index is 11.4. The van der Waals surface area contributed by atoms with Crippen molar-refractivity contribution in [3.8, 4) is 11.3 Å². The molecule has 0 aliphatic heterocycles. The summed E-state index contributed by atoms with van der Waals surface area (Å²) in [6, 6.07) is 7.88. The van der Waals surface area contributed by atoms with E-state index in [1.165, 1.54) is 5.56 Å². The van der Waals surface area contributed by atoms with Crippen LogP contribution in [0.25, 0.3) is 11.3 Å². The zero-order valence-corrected chi connectivity index (χ0v) is 10.7. The molecule has 19 heavy (non-hydrogen) atoms. The maximum atomic E-state index is 11.4. The molecule has 2 aromatic rings. The summed E-state index contributed by atoms with van der Waals surface area (Å²) in [4.78, 5) is 11.4. The van der Waals surface area contributed by atoms with Gasteiger partial charge in [0.25, 0.3) is 0 Å². The van der Waals surface area contributed by atoms with Gasteiger partial charge >= 0.3 is 5.97 Å². The molecule has 1 saturated carbocycles. The van der Waals surface area contributed by atoms with Crippen molar-refractivity contribution in [2.24, 2.45) is 0 Å². The summed E-state index contributed by atoms with van der Waals surface area (Å²) in [5, 5.41) is 13.4. The molecule has 1 aromatic carbocycles. The second-order valence-electron chi connectivity index (χ2n) is 4.85. The average molecular weight is 257 g/mol. The number of nitrogens with zero attached hydrogens (tertiary/aromatic N) is 1. The number of carbonyl (C=O) groups is 1. The molecule has 1 fully saturated rings. The fraction of sp³-hybridized carbons (Fsp3) is 0.333. The van der Waals surface area contributed by atoms with Crippen LogP contribution in [0.3, 0.4) is 0 Å². The molecule has 4 heteroatoms. The van der Waals surface area contributed by atoms with Crippen LogP contribution in [-0.2, 0) is 6.42 Å². The Labute approximate surface area is 111 Å². The van der Waals surface area contributed by atoms with Crippen LogP contribution in [0.1, 0.15) is 47.4 Å². The quantitative estimate of drug-likeness (QED) is 0.910. The van der Waals surface area contributed by atoms with Crippen LogP contribution in [0, 0.1) is 0 Å². The van der Waals surface area contributed by atoms with E-state index in [1.54, 1.807) is 0 Å². The number of rotatable bonds is 4. The Bertz CT molecular complexity index is 626. The first-order chi connectivity index (χ1) is 9.22. The minimum atomic E-state index is -0.973. The molecule has 1 aliphatic rings. The zero-order valence-electron chi connectivity index (χ0n) is 10.7. The van der Waals surface area contributed by atoms with Crippen LogP contribution in [0.4, 0.5) is 0 Å². The first kappa shape index (κ1) is 12.0. The Morgan fingerprint density at radius 3 is 2.79 bits per heavy atom. The average Bonchev–Trinajstić information content (AvgIpc) is 3.17. The summed E-state index contributed by atoms with van der Waals surface area (Å²) >= 11 is 0. The van der Waals surface area contributed by atoms with Crippen LogP contribution < -0.4 is 0 Å². The Hall–Kier alpha value is -2.10. The maximum Gasteiger partial charge on any atom is 0.341 e. The third-order valence-corrected chi connectivity index (χ3v) is 3.53. The van der Waals surface area contributed by atoms with Crippen molar-refractivity contribution < 1.29 is 14.4 Å². The summed E-state index contributed by atoms with van der Waals surface area (Å²) in [5.41, 5.74) is 2.74. The first-order valence-corrected chi connectivity index (χ1v) is 6.53. The zero-order chi connectivity index (χ0) is 13.4. The van der Waals surface area contributed by atoms with E-state index in [0.717, 1.165) is 18.4 Å². The molecule has 0 saturated heterocycles. The number of carboxylic acid groups (broad SMARTS) is 1. The molecule has 1 heterocycles. The van der Waals surface area contributed by atoms with Gasteiger partial charge in [0, 0.05) is 12.0 Å². The molecule has 1 aliphatic carbocycles. The minimum absolute atomic E-state index is 0.204. The van der Waals surface area contributed by atoms with E-state index in [1.807, 2.05) is 25.1 Å². The highest BCUT2D eigenvalue weighted by molar-refractivity contribution is 5.96. The fourth-order valence-corrected chi connectivity index (χ4v) is 2.43. The van der Waals surface area contributed by atoms with E-state index in [9.17, 15) is 9.90 Å². The first-order valence-electron chi connectivity index (χ1n) is 6.53. The van der Waals surface area contributed by atoms with E-state index in [0.29, 0.717) is 23.8 Å². The summed E-state index contributed by atoms with van der Waals surface area (Å²) < 4.78 is 5.18. The van der Waals surface area contributed by atoms with Crippen LogP contribution in [-0.4, -0.2) is 16.2 Å². The second kappa shape index (κ2) is 4.53. The van der Waals surface area contributed by atoms with Crippen molar-refractivity contribution in [2.75, 3.05) is 0 Å². The highest BCUT2D eigenvalue weighted by atomic mass is 16.5. The van der Waals surface area contributed by atoms with E-state index in [2.05, 4.69) is 11.2 Å². The number of aromatic carboxylic acids is 1. The molecular formula is C15H15NO3. The number of carboxylic acids is 1. The van der Waals surface area contributed by atoms with Crippen LogP contribution >= 0.6 is 0 Å². The van der Waals surface area contributed by atoms with E-state index < -0.39 is 5.97 Å². The molecule has 1 aromatic heterocycles. The van der Waals surface area contributed by atoms with Crippen molar-refractivity contribution in [3.05, 3.63) is 41.2 Å². The van der Waals surface area contributed by atoms with Gasteiger partial charge in [-0.15, -0.1) is 0 Å². The number of hydrogen-bond donors (Lipinski definition) is 1. The lowest BCUT2D eigenvalue weighted by molar-refractivity contribution is 0.0695. The third-order valence-electron chi connectivity index (χ3n) is 3.53. The Balaban J connectivity index is 2.17. The van der Waals surface area contributed by atoms with Gasteiger partial charge in [-0.05, 0) is 24.3 Å². The summed E-state index contributed by atoms with van der Waals surface area (Å²) in [6.07, 6.45) is 2.86. The lowest BCUT2D eigenvalue weighted by Gasteiger charge is -2.06. The van der Waals surface area contributed by atoms with Gasteiger partial charge in [0.2, 0.25) is 0 Å². The SMILES string of the molecule is CCc1onc(-c2ccccc2C2CC2)c1C(=O)O. The Morgan fingerprint density at radius 1 is 1.42 bits per heavy atom. The van der Waals surface area contributed by atoms with Crippen molar-refractivity contribution in [2.45, 2.75) is 32.1 Å². The predicted molar refractivity (Wildman–Crippen MR) is 70.3 cm³/mol. The highest BCUT2D eigenvalue weighted by Gasteiger charge is 2.30. The van der Waals surface area contributed by atoms with Gasteiger partial charge in [0.05, 0.1) is 0 Å². The van der Waals surface area contributed by atoms with Gasteiger partial charge in [-0.25, -0.2) is 4.79 Å². The largest absolute Gasteiger partial charge is 0.477 e. The minimum Gasteiger partial charge on any atom is -0.477 e. The van der Waals surface area contributed by atoms with Crippen LogP contribution in [0.15, 0.2) is 28.8 Å². The molecule has 4 nitrogen and oxygen atoms in total. The molecule has 0 radical (unpaired) electrons. The van der Waals surface area contributed by atoms with Gasteiger partial charge in [-0.1, -0.05) is 36.3 Å². The normalized spacial score (nSPS) is 14.6. The van der Waals surface area contributed by atoms with Gasteiger partial charge in [-0.2, -0.15) is 0 Å². The van der Waals surface area contributed by atoms with Crippen LogP contribution in [0.5, 0.6) is 0 Å². The van der Waals surface area contributed by atoms with Gasteiger partial charge in [0.1, 0.15) is 11.3 Å². The fourth-order valence-electron chi connectivity index (χ4n) is 2.43. The number of benzene rings is 1. The van der Waals surface area contributed by atoms with Crippen molar-refractivity contribution in [3.63, 3.8) is 0 Å². The molecule has 0 spiro atoms. The monoisotopic (exact) mass is 257 g/mol. The van der Waals surface area contributed by atoms with Crippen LogP contribution in [0.2, 0.25) is 0 Å². The lowest BCUT2D eigenvalue weighted by atomic mass is 9.97. The molecule has 0 amide bonds. The summed E-state index contributed by atoms with van der Waals surface area (Å²) in [6.45, 7) is 1.86. The molecule has 1 N–H and O–H groups in total. The smallest absolute Gasteiger partial charge is 0.341 e.